The van der Waals surface area contributed by atoms with Crippen LogP contribution in [0, 0.1) is 0 Å². The summed E-state index contributed by atoms with van der Waals surface area (Å²) in [6.07, 6.45) is 8.29. The van der Waals surface area contributed by atoms with Crippen molar-refractivity contribution < 1.29 is 0 Å². The number of aromatic nitrogens is 7. The van der Waals surface area contributed by atoms with Crippen molar-refractivity contribution in [3.8, 4) is 11.9 Å². The Morgan fingerprint density at radius 3 is 1.81 bits per heavy atom. The van der Waals surface area contributed by atoms with Crippen LogP contribution in [-0.4, -0.2) is 34.5 Å². The first kappa shape index (κ1) is 8.72. The van der Waals surface area contributed by atoms with Gasteiger partial charge in [0.05, 0.1) is 0 Å². The minimum absolute atomic E-state index is 0.463. The third kappa shape index (κ3) is 1.44. The normalized spacial score (nSPS) is 10.5. The second-order valence-electron chi connectivity index (χ2n) is 2.99. The molecule has 78 valence electrons. The van der Waals surface area contributed by atoms with Gasteiger partial charge in [-0.2, -0.15) is 25.1 Å². The van der Waals surface area contributed by atoms with E-state index in [1.807, 2.05) is 0 Å². The van der Waals surface area contributed by atoms with Crippen LogP contribution in [0.5, 0.6) is 0 Å². The van der Waals surface area contributed by atoms with Crippen LogP contribution in [0.15, 0.2) is 43.2 Å². The fourth-order valence-corrected chi connectivity index (χ4v) is 1.27. The topological polar surface area (TPSA) is 74.3 Å². The monoisotopic (exact) mass is 213 g/mol. The van der Waals surface area contributed by atoms with E-state index in [-0.39, 0.29) is 0 Å². The molecule has 7 nitrogen and oxygen atoms in total. The van der Waals surface area contributed by atoms with Gasteiger partial charge in [-0.3, -0.25) is 0 Å². The Balaban J connectivity index is 2.07. The van der Waals surface area contributed by atoms with Crippen LogP contribution >= 0.6 is 0 Å². The average Bonchev–Trinajstić information content (AvgIpc) is 3.03. The van der Waals surface area contributed by atoms with Gasteiger partial charge in [0.25, 0.3) is 11.9 Å². The van der Waals surface area contributed by atoms with Gasteiger partial charge in [-0.15, -0.1) is 0 Å². The molecule has 3 heterocycles. The van der Waals surface area contributed by atoms with Gasteiger partial charge < -0.3 is 0 Å². The third-order valence-corrected chi connectivity index (χ3v) is 1.97. The Hall–Kier alpha value is -2.57. The molecular weight excluding hydrogens is 206 g/mol. The van der Waals surface area contributed by atoms with Crippen LogP contribution < -0.4 is 0 Å². The molecule has 3 rings (SSSR count). The number of hydrogen-bond donors (Lipinski definition) is 0. The standard InChI is InChI=1S/C9H7N7/c1-3-12-15(5-1)8-10-7-11-9(14-8)16-6-2-4-13-16/h1-7H. The zero-order chi connectivity index (χ0) is 10.8. The molecule has 0 atom stereocenters. The number of rotatable bonds is 2. The Labute approximate surface area is 90.4 Å². The fraction of sp³-hybridized carbons (Fsp3) is 0. The van der Waals surface area contributed by atoms with E-state index < -0.39 is 0 Å². The van der Waals surface area contributed by atoms with E-state index in [0.29, 0.717) is 11.9 Å². The van der Waals surface area contributed by atoms with Crippen molar-refractivity contribution >= 4 is 0 Å². The minimum Gasteiger partial charge on any atom is -0.206 e. The van der Waals surface area contributed by atoms with Crippen LogP contribution in [0.1, 0.15) is 0 Å². The molecule has 16 heavy (non-hydrogen) atoms. The van der Waals surface area contributed by atoms with Crippen LogP contribution in [0.3, 0.4) is 0 Å². The molecule has 0 saturated carbocycles. The van der Waals surface area contributed by atoms with E-state index in [9.17, 15) is 0 Å². The van der Waals surface area contributed by atoms with Gasteiger partial charge in [0.15, 0.2) is 0 Å². The summed E-state index contributed by atoms with van der Waals surface area (Å²) in [6.45, 7) is 0. The molecule has 3 aromatic heterocycles. The highest BCUT2D eigenvalue weighted by atomic mass is 15.4. The molecule has 0 N–H and O–H groups in total. The van der Waals surface area contributed by atoms with Gasteiger partial charge in [-0.25, -0.2) is 9.36 Å². The quantitative estimate of drug-likeness (QED) is 0.609. The summed E-state index contributed by atoms with van der Waals surface area (Å²) in [7, 11) is 0. The summed E-state index contributed by atoms with van der Waals surface area (Å²) in [5, 5.41) is 8.09. The van der Waals surface area contributed by atoms with Gasteiger partial charge in [-0.1, -0.05) is 0 Å². The van der Waals surface area contributed by atoms with Gasteiger partial charge >= 0.3 is 0 Å². The predicted molar refractivity (Wildman–Crippen MR) is 54.1 cm³/mol. The van der Waals surface area contributed by atoms with Crippen LogP contribution in [0.2, 0.25) is 0 Å². The van der Waals surface area contributed by atoms with Crippen molar-refractivity contribution in [2.75, 3.05) is 0 Å². The predicted octanol–water partition coefficient (Wildman–Crippen LogP) is 0.243. The second kappa shape index (κ2) is 3.54. The molecule has 0 amide bonds. The van der Waals surface area contributed by atoms with Crippen molar-refractivity contribution in [3.63, 3.8) is 0 Å². The van der Waals surface area contributed by atoms with Crippen molar-refractivity contribution in [2.24, 2.45) is 0 Å². The first-order chi connectivity index (χ1) is 7.93. The second-order valence-corrected chi connectivity index (χ2v) is 2.99. The van der Waals surface area contributed by atoms with Crippen molar-refractivity contribution in [3.05, 3.63) is 43.2 Å². The number of hydrogen-bond acceptors (Lipinski definition) is 5. The van der Waals surface area contributed by atoms with Crippen LogP contribution in [0.25, 0.3) is 11.9 Å². The van der Waals surface area contributed by atoms with Crippen molar-refractivity contribution in [1.29, 1.82) is 0 Å². The SMILES string of the molecule is c1cnn(-c2ncnc(-n3cccn3)n2)c1. The van der Waals surface area contributed by atoms with Crippen LogP contribution in [0.4, 0.5) is 0 Å². The molecule has 0 aliphatic rings. The third-order valence-electron chi connectivity index (χ3n) is 1.97. The van der Waals surface area contributed by atoms with E-state index in [0.717, 1.165) is 0 Å². The molecular formula is C9H7N7. The molecule has 0 radical (unpaired) electrons. The van der Waals surface area contributed by atoms with E-state index in [1.165, 1.54) is 6.33 Å². The lowest BCUT2D eigenvalue weighted by Crippen LogP contribution is -2.08. The fourth-order valence-electron chi connectivity index (χ4n) is 1.27. The molecule has 0 spiro atoms. The zero-order valence-corrected chi connectivity index (χ0v) is 8.17. The largest absolute Gasteiger partial charge is 0.255 e. The Bertz CT molecular complexity index is 520. The first-order valence-corrected chi connectivity index (χ1v) is 4.62. The molecule has 7 heteroatoms. The lowest BCUT2D eigenvalue weighted by atomic mass is 10.7. The minimum atomic E-state index is 0.463. The molecule has 0 aromatic carbocycles. The lowest BCUT2D eigenvalue weighted by Gasteiger charge is -2.01. The van der Waals surface area contributed by atoms with Gasteiger partial charge in [0.2, 0.25) is 0 Å². The molecule has 0 fully saturated rings. The smallest absolute Gasteiger partial charge is 0.206 e. The first-order valence-electron chi connectivity index (χ1n) is 4.62. The summed E-state index contributed by atoms with van der Waals surface area (Å²) in [5.41, 5.74) is 0. The lowest BCUT2D eigenvalue weighted by molar-refractivity contribution is 0.743. The van der Waals surface area contributed by atoms with E-state index in [2.05, 4.69) is 25.1 Å². The zero-order valence-electron chi connectivity index (χ0n) is 8.17. The Kier molecular flexibility index (Phi) is 1.93. The molecule has 0 aliphatic heterocycles. The van der Waals surface area contributed by atoms with Gasteiger partial charge in [0.1, 0.15) is 6.33 Å². The maximum absolute atomic E-state index is 4.24. The van der Waals surface area contributed by atoms with Crippen molar-refractivity contribution in [1.82, 2.24) is 34.5 Å². The summed E-state index contributed by atoms with van der Waals surface area (Å²) < 4.78 is 3.13. The highest BCUT2D eigenvalue weighted by molar-refractivity contribution is 5.15. The van der Waals surface area contributed by atoms with E-state index in [4.69, 9.17) is 0 Å². The Morgan fingerprint density at radius 1 is 0.812 bits per heavy atom. The summed E-state index contributed by atoms with van der Waals surface area (Å²) in [6, 6.07) is 3.61. The van der Waals surface area contributed by atoms with E-state index in [1.54, 1.807) is 46.3 Å². The highest BCUT2D eigenvalue weighted by Crippen LogP contribution is 2.01. The number of nitrogens with zero attached hydrogens (tertiary/aromatic N) is 7. The van der Waals surface area contributed by atoms with Crippen molar-refractivity contribution in [2.45, 2.75) is 0 Å². The van der Waals surface area contributed by atoms with Gasteiger partial charge in [-0.05, 0) is 12.1 Å². The maximum Gasteiger partial charge on any atom is 0.255 e. The molecule has 0 aliphatic carbocycles. The van der Waals surface area contributed by atoms with E-state index >= 15 is 0 Å². The summed E-state index contributed by atoms with van der Waals surface area (Å²) in [5.74, 6) is 0.927. The molecule has 0 saturated heterocycles. The Morgan fingerprint density at radius 2 is 1.38 bits per heavy atom. The molecule has 3 aromatic rings. The van der Waals surface area contributed by atoms with Gasteiger partial charge in [0, 0.05) is 24.8 Å². The average molecular weight is 213 g/mol. The maximum atomic E-state index is 4.24. The van der Waals surface area contributed by atoms with Crippen LogP contribution in [-0.2, 0) is 0 Å². The summed E-state index contributed by atoms with van der Waals surface area (Å²) >= 11 is 0. The highest BCUT2D eigenvalue weighted by Gasteiger charge is 2.04. The summed E-state index contributed by atoms with van der Waals surface area (Å²) in [4.78, 5) is 12.3. The molecule has 0 bridgehead atoms. The molecule has 0 unspecified atom stereocenters.